The molecule has 5 nitrogen and oxygen atoms in total. The first-order valence-corrected chi connectivity index (χ1v) is 5.79. The maximum Gasteiger partial charge on any atom is 0.419 e. The predicted molar refractivity (Wildman–Crippen MR) is 67.0 cm³/mol. The van der Waals surface area contributed by atoms with Crippen molar-refractivity contribution in [3.8, 4) is 6.07 Å². The van der Waals surface area contributed by atoms with Gasteiger partial charge in [-0.15, -0.1) is 0 Å². The third-order valence-electron chi connectivity index (χ3n) is 2.59. The Morgan fingerprint density at radius 1 is 1.38 bits per heavy atom. The van der Waals surface area contributed by atoms with Crippen LogP contribution in [0.2, 0.25) is 0 Å². The third-order valence-corrected chi connectivity index (χ3v) is 2.59. The van der Waals surface area contributed by atoms with Crippen LogP contribution in [0.5, 0.6) is 0 Å². The van der Waals surface area contributed by atoms with Crippen LogP contribution >= 0.6 is 0 Å². The Kier molecular flexibility index (Phi) is 3.93. The lowest BCUT2D eigenvalue weighted by Crippen LogP contribution is -2.19. The molecule has 1 amide bonds. The molecule has 0 radical (unpaired) electrons. The van der Waals surface area contributed by atoms with E-state index in [-0.39, 0.29) is 12.1 Å². The number of nitrogens with one attached hydrogen (secondary N) is 1. The highest BCUT2D eigenvalue weighted by Crippen LogP contribution is 2.28. The number of halogens is 3. The summed E-state index contributed by atoms with van der Waals surface area (Å²) in [6, 6.07) is 8.22. The van der Waals surface area contributed by atoms with Crippen molar-refractivity contribution >= 4 is 11.6 Å². The normalized spacial score (nSPS) is 11.0. The Balaban J connectivity index is 2.06. The van der Waals surface area contributed by atoms with Gasteiger partial charge >= 0.3 is 6.18 Å². The van der Waals surface area contributed by atoms with Crippen molar-refractivity contribution in [2.45, 2.75) is 12.7 Å². The van der Waals surface area contributed by atoms with E-state index in [4.69, 9.17) is 5.26 Å². The van der Waals surface area contributed by atoms with Gasteiger partial charge in [-0.3, -0.25) is 9.48 Å². The molecule has 1 N–H and O–H groups in total. The van der Waals surface area contributed by atoms with Crippen molar-refractivity contribution in [2.75, 3.05) is 5.32 Å². The van der Waals surface area contributed by atoms with Crippen LogP contribution in [0.25, 0.3) is 0 Å². The molecule has 1 aromatic carbocycles. The van der Waals surface area contributed by atoms with Gasteiger partial charge in [0.1, 0.15) is 12.6 Å². The van der Waals surface area contributed by atoms with Crippen LogP contribution in [0.4, 0.5) is 18.9 Å². The number of hydrogen-bond acceptors (Lipinski definition) is 3. The molecule has 0 aliphatic rings. The number of alkyl halides is 3. The summed E-state index contributed by atoms with van der Waals surface area (Å²) in [4.78, 5) is 11.7. The smallest absolute Gasteiger partial charge is 0.323 e. The van der Waals surface area contributed by atoms with Crippen molar-refractivity contribution < 1.29 is 18.0 Å². The molecular weight excluding hydrogens is 285 g/mol. The minimum atomic E-state index is -4.50. The molecule has 2 rings (SSSR count). The molecule has 0 bridgehead atoms. The van der Waals surface area contributed by atoms with Gasteiger partial charge < -0.3 is 5.32 Å². The summed E-state index contributed by atoms with van der Waals surface area (Å²) in [5.41, 5.74) is -0.358. The number of amides is 1. The first kappa shape index (κ1) is 14.6. The lowest BCUT2D eigenvalue weighted by Gasteiger charge is -2.06. The fourth-order valence-electron chi connectivity index (χ4n) is 1.62. The Morgan fingerprint density at radius 3 is 2.71 bits per heavy atom. The van der Waals surface area contributed by atoms with Crippen LogP contribution in [0.3, 0.4) is 0 Å². The van der Waals surface area contributed by atoms with Crippen LogP contribution in [0, 0.1) is 11.3 Å². The summed E-state index contributed by atoms with van der Waals surface area (Å²) in [6.07, 6.45) is -3.10. The monoisotopic (exact) mass is 294 g/mol. The lowest BCUT2D eigenvalue weighted by atomic mass is 10.2. The number of para-hydroxylation sites is 1. The quantitative estimate of drug-likeness (QED) is 0.945. The summed E-state index contributed by atoms with van der Waals surface area (Å²) in [5, 5.41) is 14.8. The maximum absolute atomic E-state index is 12.4. The zero-order valence-electron chi connectivity index (χ0n) is 10.6. The zero-order valence-corrected chi connectivity index (χ0v) is 10.6. The predicted octanol–water partition coefficient (Wildman–Crippen LogP) is 2.41. The van der Waals surface area contributed by atoms with Crippen molar-refractivity contribution in [3.05, 3.63) is 47.8 Å². The van der Waals surface area contributed by atoms with Gasteiger partial charge in [-0.25, -0.2) is 0 Å². The van der Waals surface area contributed by atoms with Gasteiger partial charge in [-0.2, -0.15) is 23.5 Å². The van der Waals surface area contributed by atoms with E-state index in [1.807, 2.05) is 6.07 Å². The molecule has 0 saturated heterocycles. The average Bonchev–Trinajstić information content (AvgIpc) is 2.87. The maximum atomic E-state index is 12.4. The zero-order chi connectivity index (χ0) is 15.5. The molecule has 0 fully saturated rings. The lowest BCUT2D eigenvalue weighted by molar-refractivity contribution is -0.137. The standard InChI is InChI=1S/C13H9F3N4O/c14-13(15,16)10-6-18-20(7-10)8-12(21)19-11-4-2-1-3-9(11)5-17/h1-4,6-7H,8H2,(H,19,21). The number of carbonyl (C=O) groups is 1. The number of nitrogens with zero attached hydrogens (tertiary/aromatic N) is 3. The van der Waals surface area contributed by atoms with Gasteiger partial charge in [0.2, 0.25) is 5.91 Å². The summed E-state index contributed by atoms with van der Waals surface area (Å²) in [7, 11) is 0. The summed E-state index contributed by atoms with van der Waals surface area (Å²) in [5.74, 6) is -0.575. The highest BCUT2D eigenvalue weighted by molar-refractivity contribution is 5.91. The second-order valence-corrected chi connectivity index (χ2v) is 4.13. The molecule has 0 unspecified atom stereocenters. The highest BCUT2D eigenvalue weighted by atomic mass is 19.4. The summed E-state index contributed by atoms with van der Waals surface area (Å²) >= 11 is 0. The number of hydrogen-bond donors (Lipinski definition) is 1. The molecule has 0 aliphatic heterocycles. The van der Waals surface area contributed by atoms with Crippen molar-refractivity contribution in [2.24, 2.45) is 0 Å². The van der Waals surface area contributed by atoms with Gasteiger partial charge in [0, 0.05) is 6.20 Å². The Labute approximate surface area is 117 Å². The minimum absolute atomic E-state index is 0.266. The molecular formula is C13H9F3N4O. The molecule has 0 saturated carbocycles. The largest absolute Gasteiger partial charge is 0.419 e. The van der Waals surface area contributed by atoms with Crippen LogP contribution in [0.1, 0.15) is 11.1 Å². The van der Waals surface area contributed by atoms with E-state index in [2.05, 4.69) is 10.4 Å². The van der Waals surface area contributed by atoms with Gasteiger partial charge in [-0.1, -0.05) is 12.1 Å². The fourth-order valence-corrected chi connectivity index (χ4v) is 1.62. The summed E-state index contributed by atoms with van der Waals surface area (Å²) in [6.45, 7) is -0.379. The molecule has 1 heterocycles. The number of aromatic nitrogens is 2. The molecule has 2 aromatic rings. The third kappa shape index (κ3) is 3.60. The number of carbonyl (C=O) groups excluding carboxylic acids is 1. The van der Waals surface area contributed by atoms with Crippen molar-refractivity contribution in [3.63, 3.8) is 0 Å². The molecule has 0 atom stereocenters. The van der Waals surface area contributed by atoms with E-state index in [0.29, 0.717) is 11.9 Å². The van der Waals surface area contributed by atoms with Gasteiger partial charge in [0.15, 0.2) is 0 Å². The number of anilines is 1. The second kappa shape index (κ2) is 5.66. The SMILES string of the molecule is N#Cc1ccccc1NC(=O)Cn1cc(C(F)(F)F)cn1. The van der Waals surface area contributed by atoms with E-state index < -0.39 is 17.6 Å². The van der Waals surface area contributed by atoms with E-state index in [0.717, 1.165) is 10.9 Å². The topological polar surface area (TPSA) is 70.7 Å². The van der Waals surface area contributed by atoms with Crippen LogP contribution in [-0.4, -0.2) is 15.7 Å². The molecule has 108 valence electrons. The van der Waals surface area contributed by atoms with E-state index in [9.17, 15) is 18.0 Å². The Morgan fingerprint density at radius 2 is 2.10 bits per heavy atom. The first-order chi connectivity index (χ1) is 9.90. The molecule has 0 aliphatic carbocycles. The van der Waals surface area contributed by atoms with Crippen molar-refractivity contribution in [1.82, 2.24) is 9.78 Å². The number of nitriles is 1. The Hall–Kier alpha value is -2.82. The second-order valence-electron chi connectivity index (χ2n) is 4.13. The molecule has 21 heavy (non-hydrogen) atoms. The average molecular weight is 294 g/mol. The number of benzene rings is 1. The molecule has 8 heteroatoms. The fraction of sp³-hybridized carbons (Fsp3) is 0.154. The minimum Gasteiger partial charge on any atom is -0.323 e. The van der Waals surface area contributed by atoms with Crippen LogP contribution in [-0.2, 0) is 17.5 Å². The van der Waals surface area contributed by atoms with Crippen LogP contribution in [0.15, 0.2) is 36.7 Å². The van der Waals surface area contributed by atoms with Gasteiger partial charge in [0.25, 0.3) is 0 Å². The number of rotatable bonds is 3. The van der Waals surface area contributed by atoms with E-state index in [1.54, 1.807) is 12.1 Å². The molecule has 1 aromatic heterocycles. The molecule has 0 spiro atoms. The van der Waals surface area contributed by atoms with Crippen molar-refractivity contribution in [1.29, 1.82) is 5.26 Å². The van der Waals surface area contributed by atoms with Gasteiger partial charge in [0.05, 0.1) is 23.0 Å². The summed E-state index contributed by atoms with van der Waals surface area (Å²) < 4.78 is 38.1. The van der Waals surface area contributed by atoms with E-state index in [1.165, 1.54) is 12.1 Å². The highest BCUT2D eigenvalue weighted by Gasteiger charge is 2.32. The van der Waals surface area contributed by atoms with E-state index >= 15 is 0 Å². The van der Waals surface area contributed by atoms with Gasteiger partial charge in [-0.05, 0) is 12.1 Å². The Bertz CT molecular complexity index is 700. The van der Waals surface area contributed by atoms with Crippen LogP contribution < -0.4 is 5.32 Å². The first-order valence-electron chi connectivity index (χ1n) is 5.79.